The monoisotopic (exact) mass is 228 g/mol. The van der Waals surface area contributed by atoms with Gasteiger partial charge in [-0.15, -0.1) is 0 Å². The van der Waals surface area contributed by atoms with Crippen LogP contribution in [0.3, 0.4) is 0 Å². The molecule has 0 spiro atoms. The standard InChI is InChI=1S/C10H13ClN2O2/c1-2-3-4-5-15-10(14)8-6-12-7-9(11)13-8/h6-7H,2-5H2,1H3. The second-order valence-corrected chi connectivity index (χ2v) is 3.46. The molecule has 0 saturated carbocycles. The molecule has 15 heavy (non-hydrogen) atoms. The highest BCUT2D eigenvalue weighted by Crippen LogP contribution is 2.04. The number of ether oxygens (including phenoxy) is 1. The van der Waals surface area contributed by atoms with Gasteiger partial charge >= 0.3 is 5.97 Å². The number of unbranched alkanes of at least 4 members (excludes halogenated alkanes) is 2. The van der Waals surface area contributed by atoms with Gasteiger partial charge in [0.25, 0.3) is 0 Å². The van der Waals surface area contributed by atoms with Crippen LogP contribution in [-0.4, -0.2) is 22.5 Å². The fourth-order valence-electron chi connectivity index (χ4n) is 1.03. The Balaban J connectivity index is 2.40. The average molecular weight is 229 g/mol. The topological polar surface area (TPSA) is 52.1 Å². The summed E-state index contributed by atoms with van der Waals surface area (Å²) in [5.74, 6) is -0.471. The molecule has 1 rings (SSSR count). The molecular formula is C10H13ClN2O2. The quantitative estimate of drug-likeness (QED) is 0.574. The van der Waals surface area contributed by atoms with Crippen LogP contribution in [0, 0.1) is 0 Å². The number of carbonyl (C=O) groups is 1. The molecule has 0 unspecified atom stereocenters. The summed E-state index contributed by atoms with van der Waals surface area (Å²) in [6, 6.07) is 0. The van der Waals surface area contributed by atoms with Gasteiger partial charge in [0.15, 0.2) is 5.69 Å². The summed E-state index contributed by atoms with van der Waals surface area (Å²) in [5.41, 5.74) is 0.152. The van der Waals surface area contributed by atoms with Crippen LogP contribution in [0.2, 0.25) is 5.15 Å². The normalized spacial score (nSPS) is 10.0. The number of nitrogens with zero attached hydrogens (tertiary/aromatic N) is 2. The van der Waals surface area contributed by atoms with Crippen molar-refractivity contribution < 1.29 is 9.53 Å². The summed E-state index contributed by atoms with van der Waals surface area (Å²) < 4.78 is 4.99. The van der Waals surface area contributed by atoms with E-state index >= 15 is 0 Å². The molecule has 0 aliphatic carbocycles. The fraction of sp³-hybridized carbons (Fsp3) is 0.500. The highest BCUT2D eigenvalue weighted by molar-refractivity contribution is 6.29. The Bertz CT molecular complexity index is 331. The lowest BCUT2D eigenvalue weighted by atomic mass is 10.3. The molecule has 1 aromatic heterocycles. The maximum Gasteiger partial charge on any atom is 0.358 e. The molecule has 0 aliphatic heterocycles. The Hall–Kier alpha value is -1.16. The Kier molecular flexibility index (Phi) is 5.04. The maximum atomic E-state index is 11.4. The predicted molar refractivity (Wildman–Crippen MR) is 56.8 cm³/mol. The number of halogens is 1. The van der Waals surface area contributed by atoms with E-state index in [0.29, 0.717) is 6.61 Å². The fourth-order valence-corrected chi connectivity index (χ4v) is 1.18. The van der Waals surface area contributed by atoms with Crippen molar-refractivity contribution in [1.29, 1.82) is 0 Å². The molecule has 0 saturated heterocycles. The molecule has 1 aromatic rings. The third-order valence-electron chi connectivity index (χ3n) is 1.80. The van der Waals surface area contributed by atoms with E-state index in [4.69, 9.17) is 16.3 Å². The Morgan fingerprint density at radius 2 is 2.27 bits per heavy atom. The van der Waals surface area contributed by atoms with Gasteiger partial charge in [-0.25, -0.2) is 9.78 Å². The third kappa shape index (κ3) is 4.25. The molecular weight excluding hydrogens is 216 g/mol. The molecule has 0 aliphatic rings. The van der Waals surface area contributed by atoms with Gasteiger partial charge in [-0.2, -0.15) is 0 Å². The lowest BCUT2D eigenvalue weighted by Crippen LogP contribution is -2.09. The third-order valence-corrected chi connectivity index (χ3v) is 1.98. The first kappa shape index (κ1) is 11.9. The van der Waals surface area contributed by atoms with Gasteiger partial charge in [-0.1, -0.05) is 31.4 Å². The summed E-state index contributed by atoms with van der Waals surface area (Å²) in [6.07, 6.45) is 5.72. The van der Waals surface area contributed by atoms with Crippen molar-refractivity contribution in [3.63, 3.8) is 0 Å². The summed E-state index contributed by atoms with van der Waals surface area (Å²) in [7, 11) is 0. The average Bonchev–Trinajstić information content (AvgIpc) is 2.24. The summed E-state index contributed by atoms with van der Waals surface area (Å²) >= 11 is 5.59. The van der Waals surface area contributed by atoms with Gasteiger partial charge in [0, 0.05) is 0 Å². The molecule has 0 fully saturated rings. The van der Waals surface area contributed by atoms with E-state index in [9.17, 15) is 4.79 Å². The van der Waals surface area contributed by atoms with E-state index in [0.717, 1.165) is 19.3 Å². The largest absolute Gasteiger partial charge is 0.461 e. The Labute approximate surface area is 93.6 Å². The Morgan fingerprint density at radius 3 is 2.93 bits per heavy atom. The van der Waals surface area contributed by atoms with Gasteiger partial charge < -0.3 is 4.74 Å². The van der Waals surface area contributed by atoms with E-state index in [1.54, 1.807) is 0 Å². The molecule has 0 bridgehead atoms. The van der Waals surface area contributed by atoms with Gasteiger partial charge in [0.2, 0.25) is 0 Å². The molecule has 82 valence electrons. The zero-order valence-corrected chi connectivity index (χ0v) is 9.33. The van der Waals surface area contributed by atoms with Crippen LogP contribution in [0.15, 0.2) is 12.4 Å². The first-order chi connectivity index (χ1) is 7.24. The second kappa shape index (κ2) is 6.35. The molecule has 5 heteroatoms. The number of esters is 1. The van der Waals surface area contributed by atoms with Crippen molar-refractivity contribution in [3.8, 4) is 0 Å². The van der Waals surface area contributed by atoms with Gasteiger partial charge in [0.1, 0.15) is 5.15 Å². The number of hydrogen-bond donors (Lipinski definition) is 0. The minimum atomic E-state index is -0.471. The first-order valence-corrected chi connectivity index (χ1v) is 5.26. The van der Waals surface area contributed by atoms with Crippen molar-refractivity contribution in [2.45, 2.75) is 26.2 Å². The molecule has 0 N–H and O–H groups in total. The molecule has 1 heterocycles. The van der Waals surface area contributed by atoms with Crippen LogP contribution in [0.25, 0.3) is 0 Å². The predicted octanol–water partition coefficient (Wildman–Crippen LogP) is 2.48. The van der Waals surface area contributed by atoms with Crippen LogP contribution in [-0.2, 0) is 4.74 Å². The number of carbonyl (C=O) groups excluding carboxylic acids is 1. The van der Waals surface area contributed by atoms with Crippen molar-refractivity contribution in [2.24, 2.45) is 0 Å². The van der Waals surface area contributed by atoms with Crippen LogP contribution in [0.4, 0.5) is 0 Å². The minimum Gasteiger partial charge on any atom is -0.461 e. The summed E-state index contributed by atoms with van der Waals surface area (Å²) in [4.78, 5) is 18.9. The number of hydrogen-bond acceptors (Lipinski definition) is 4. The molecule has 0 atom stereocenters. The van der Waals surface area contributed by atoms with Crippen molar-refractivity contribution >= 4 is 17.6 Å². The molecule has 0 radical (unpaired) electrons. The highest BCUT2D eigenvalue weighted by Gasteiger charge is 2.09. The van der Waals surface area contributed by atoms with E-state index in [1.807, 2.05) is 0 Å². The SMILES string of the molecule is CCCCCOC(=O)c1cncc(Cl)n1. The molecule has 4 nitrogen and oxygen atoms in total. The number of aromatic nitrogens is 2. The zero-order chi connectivity index (χ0) is 11.1. The van der Waals surface area contributed by atoms with Gasteiger partial charge in [0.05, 0.1) is 19.0 Å². The van der Waals surface area contributed by atoms with Gasteiger partial charge in [-0.3, -0.25) is 4.98 Å². The molecule has 0 amide bonds. The van der Waals surface area contributed by atoms with Crippen molar-refractivity contribution in [2.75, 3.05) is 6.61 Å². The van der Waals surface area contributed by atoms with Crippen LogP contribution in [0.5, 0.6) is 0 Å². The van der Waals surface area contributed by atoms with E-state index < -0.39 is 5.97 Å². The van der Waals surface area contributed by atoms with Crippen LogP contribution < -0.4 is 0 Å². The zero-order valence-electron chi connectivity index (χ0n) is 8.57. The van der Waals surface area contributed by atoms with E-state index in [2.05, 4.69) is 16.9 Å². The maximum absolute atomic E-state index is 11.4. The van der Waals surface area contributed by atoms with Crippen LogP contribution in [0.1, 0.15) is 36.7 Å². The first-order valence-electron chi connectivity index (χ1n) is 4.88. The van der Waals surface area contributed by atoms with Crippen molar-refractivity contribution in [3.05, 3.63) is 23.2 Å². The smallest absolute Gasteiger partial charge is 0.358 e. The lowest BCUT2D eigenvalue weighted by molar-refractivity contribution is 0.0490. The minimum absolute atomic E-state index is 0.152. The molecule has 0 aromatic carbocycles. The van der Waals surface area contributed by atoms with Crippen LogP contribution >= 0.6 is 11.6 Å². The highest BCUT2D eigenvalue weighted by atomic mass is 35.5. The van der Waals surface area contributed by atoms with E-state index in [-0.39, 0.29) is 10.8 Å². The second-order valence-electron chi connectivity index (χ2n) is 3.07. The summed E-state index contributed by atoms with van der Waals surface area (Å²) in [6.45, 7) is 2.51. The van der Waals surface area contributed by atoms with Gasteiger partial charge in [-0.05, 0) is 6.42 Å². The van der Waals surface area contributed by atoms with Crippen molar-refractivity contribution in [1.82, 2.24) is 9.97 Å². The lowest BCUT2D eigenvalue weighted by Gasteiger charge is -2.02. The number of rotatable bonds is 5. The summed E-state index contributed by atoms with van der Waals surface area (Å²) in [5, 5.41) is 0.193. The Morgan fingerprint density at radius 1 is 1.47 bits per heavy atom. The van der Waals surface area contributed by atoms with E-state index in [1.165, 1.54) is 12.4 Å².